The molecule has 88 valence electrons. The maximum Gasteiger partial charge on any atom is 0.455 e. The first kappa shape index (κ1) is 10.1. The van der Waals surface area contributed by atoms with Crippen LogP contribution < -0.4 is 0 Å². The predicted molar refractivity (Wildman–Crippen MR) is 47.6 cm³/mol. The van der Waals surface area contributed by atoms with Crippen molar-refractivity contribution < 1.29 is 17.7 Å². The second-order valence-electron chi connectivity index (χ2n) is 4.91. The molecule has 0 aliphatic heterocycles. The highest BCUT2D eigenvalue weighted by molar-refractivity contribution is 5.10. The molecule has 0 bridgehead atoms. The van der Waals surface area contributed by atoms with Gasteiger partial charge in [0.1, 0.15) is 0 Å². The molecule has 0 N–H and O–H groups in total. The highest BCUT2D eigenvalue weighted by atomic mass is 19.4. The van der Waals surface area contributed by atoms with E-state index in [0.717, 1.165) is 12.8 Å². The van der Waals surface area contributed by atoms with Crippen molar-refractivity contribution in [2.75, 3.05) is 0 Å². The topological polar surface area (TPSA) is 38.9 Å². The van der Waals surface area contributed by atoms with Crippen LogP contribution >= 0.6 is 0 Å². The van der Waals surface area contributed by atoms with Gasteiger partial charge in [-0.05, 0) is 31.1 Å². The summed E-state index contributed by atoms with van der Waals surface area (Å²) < 4.78 is 41.4. The summed E-state index contributed by atoms with van der Waals surface area (Å²) in [6.07, 6.45) is 0.955. The lowest BCUT2D eigenvalue weighted by Gasteiger charge is -2.53. The molecule has 2 aliphatic carbocycles. The van der Waals surface area contributed by atoms with E-state index in [2.05, 4.69) is 14.7 Å². The fraction of sp³-hybridized carbons (Fsp3) is 0.800. The first-order chi connectivity index (χ1) is 7.49. The van der Waals surface area contributed by atoms with Crippen LogP contribution in [-0.2, 0) is 6.18 Å². The Bertz CT molecular complexity index is 400. The molecule has 0 amide bonds. The van der Waals surface area contributed by atoms with E-state index in [1.54, 1.807) is 0 Å². The van der Waals surface area contributed by atoms with E-state index in [4.69, 9.17) is 0 Å². The van der Waals surface area contributed by atoms with Crippen molar-refractivity contribution in [2.45, 2.75) is 44.2 Å². The lowest BCUT2D eigenvalue weighted by Crippen LogP contribution is -2.41. The molecule has 16 heavy (non-hydrogen) atoms. The lowest BCUT2D eigenvalue weighted by atomic mass is 9.52. The van der Waals surface area contributed by atoms with E-state index < -0.39 is 12.0 Å². The average Bonchev–Trinajstić information content (AvgIpc) is 2.45. The lowest BCUT2D eigenvalue weighted by molar-refractivity contribution is -0.146. The van der Waals surface area contributed by atoms with Crippen LogP contribution in [0.4, 0.5) is 13.2 Å². The minimum atomic E-state index is -4.50. The van der Waals surface area contributed by atoms with Gasteiger partial charge in [-0.25, -0.2) is 0 Å². The molecule has 3 nitrogen and oxygen atoms in total. The van der Waals surface area contributed by atoms with Gasteiger partial charge < -0.3 is 4.52 Å². The highest BCUT2D eigenvalue weighted by Gasteiger charge is 2.51. The number of aromatic nitrogens is 2. The molecule has 0 aromatic carbocycles. The molecule has 2 aliphatic rings. The average molecular weight is 232 g/mol. The van der Waals surface area contributed by atoms with Crippen molar-refractivity contribution in [3.05, 3.63) is 11.7 Å². The Balaban J connectivity index is 1.70. The van der Waals surface area contributed by atoms with Gasteiger partial charge in [-0.15, -0.1) is 0 Å². The largest absolute Gasteiger partial charge is 0.455 e. The first-order valence-electron chi connectivity index (χ1n) is 5.39. The summed E-state index contributed by atoms with van der Waals surface area (Å²) in [5, 5.41) is 2.97. The summed E-state index contributed by atoms with van der Waals surface area (Å²) in [5.41, 5.74) is 0.400. The highest BCUT2D eigenvalue weighted by Crippen LogP contribution is 2.61. The molecule has 3 rings (SSSR count). The first-order valence-corrected chi connectivity index (χ1v) is 5.39. The van der Waals surface area contributed by atoms with Crippen LogP contribution in [0.25, 0.3) is 0 Å². The molecule has 0 saturated heterocycles. The Morgan fingerprint density at radius 2 is 1.94 bits per heavy atom. The summed E-state index contributed by atoms with van der Waals surface area (Å²) in [6.45, 7) is 0. The monoisotopic (exact) mass is 232 g/mol. The van der Waals surface area contributed by atoms with Crippen molar-refractivity contribution >= 4 is 0 Å². The Hall–Kier alpha value is -1.07. The summed E-state index contributed by atoms with van der Waals surface area (Å²) in [5.74, 6) is -0.953. The zero-order chi connectivity index (χ0) is 11.4. The maximum absolute atomic E-state index is 12.2. The summed E-state index contributed by atoms with van der Waals surface area (Å²) in [6, 6.07) is 0. The Morgan fingerprint density at radius 1 is 1.25 bits per heavy atom. The SMILES string of the molecule is FC(F)(F)c1noc(C2CC3(CCC3)C2)n1. The van der Waals surface area contributed by atoms with E-state index >= 15 is 0 Å². The smallest absolute Gasteiger partial charge is 0.339 e. The molecular formula is C10H11F3N2O. The fourth-order valence-corrected chi connectivity index (χ4v) is 2.76. The number of alkyl halides is 3. The van der Waals surface area contributed by atoms with E-state index in [-0.39, 0.29) is 11.8 Å². The third-order valence-electron chi connectivity index (χ3n) is 3.82. The van der Waals surface area contributed by atoms with E-state index in [9.17, 15) is 13.2 Å². The van der Waals surface area contributed by atoms with Crippen LogP contribution in [0.2, 0.25) is 0 Å². The normalized spacial score (nSPS) is 24.2. The van der Waals surface area contributed by atoms with Crippen LogP contribution in [-0.4, -0.2) is 10.1 Å². The number of hydrogen-bond acceptors (Lipinski definition) is 3. The van der Waals surface area contributed by atoms with Crippen LogP contribution in [0.3, 0.4) is 0 Å². The van der Waals surface area contributed by atoms with Crippen molar-refractivity contribution in [1.29, 1.82) is 0 Å². The minimum absolute atomic E-state index is 0.0453. The van der Waals surface area contributed by atoms with Gasteiger partial charge in [0.15, 0.2) is 0 Å². The molecule has 0 atom stereocenters. The standard InChI is InChI=1S/C10H11F3N2O/c11-10(12,13)8-14-7(16-15-8)6-4-9(5-6)2-1-3-9/h6H,1-5H2. The minimum Gasteiger partial charge on any atom is -0.339 e. The van der Waals surface area contributed by atoms with Gasteiger partial charge in [-0.3, -0.25) is 0 Å². The van der Waals surface area contributed by atoms with E-state index in [1.165, 1.54) is 19.3 Å². The van der Waals surface area contributed by atoms with Gasteiger partial charge >= 0.3 is 6.18 Å². The third kappa shape index (κ3) is 1.43. The molecule has 2 fully saturated rings. The molecule has 1 aromatic heterocycles. The van der Waals surface area contributed by atoms with E-state index in [1.807, 2.05) is 0 Å². The number of rotatable bonds is 1. The van der Waals surface area contributed by atoms with Gasteiger partial charge in [0.2, 0.25) is 5.89 Å². The zero-order valence-corrected chi connectivity index (χ0v) is 8.55. The van der Waals surface area contributed by atoms with Gasteiger partial charge in [-0.1, -0.05) is 11.6 Å². The Morgan fingerprint density at radius 3 is 2.38 bits per heavy atom. The number of halogens is 3. The van der Waals surface area contributed by atoms with Gasteiger partial charge in [0, 0.05) is 5.92 Å². The second-order valence-corrected chi connectivity index (χ2v) is 4.91. The van der Waals surface area contributed by atoms with Crippen LogP contribution in [0, 0.1) is 5.41 Å². The second kappa shape index (κ2) is 2.99. The van der Waals surface area contributed by atoms with Crippen molar-refractivity contribution in [3.63, 3.8) is 0 Å². The van der Waals surface area contributed by atoms with Crippen molar-refractivity contribution in [2.24, 2.45) is 5.41 Å². The molecule has 2 saturated carbocycles. The van der Waals surface area contributed by atoms with Crippen molar-refractivity contribution in [1.82, 2.24) is 10.1 Å². The molecule has 1 heterocycles. The van der Waals surface area contributed by atoms with Crippen LogP contribution in [0.15, 0.2) is 4.52 Å². The molecule has 1 spiro atoms. The molecule has 0 radical (unpaired) electrons. The third-order valence-corrected chi connectivity index (χ3v) is 3.82. The Kier molecular flexibility index (Phi) is 1.89. The predicted octanol–water partition coefficient (Wildman–Crippen LogP) is 3.14. The quantitative estimate of drug-likeness (QED) is 0.746. The van der Waals surface area contributed by atoms with Gasteiger partial charge in [0.25, 0.3) is 5.82 Å². The van der Waals surface area contributed by atoms with E-state index in [0.29, 0.717) is 5.41 Å². The summed E-state index contributed by atoms with van der Waals surface area (Å²) in [7, 11) is 0. The number of hydrogen-bond donors (Lipinski definition) is 0. The maximum atomic E-state index is 12.2. The summed E-state index contributed by atoms with van der Waals surface area (Å²) >= 11 is 0. The Labute approximate surface area is 90.0 Å². The summed E-state index contributed by atoms with van der Waals surface area (Å²) in [4.78, 5) is 3.42. The molecular weight excluding hydrogens is 221 g/mol. The zero-order valence-electron chi connectivity index (χ0n) is 8.55. The van der Waals surface area contributed by atoms with Crippen molar-refractivity contribution in [3.8, 4) is 0 Å². The van der Waals surface area contributed by atoms with Crippen LogP contribution in [0.1, 0.15) is 49.7 Å². The molecule has 0 unspecified atom stereocenters. The van der Waals surface area contributed by atoms with Gasteiger partial charge in [-0.2, -0.15) is 18.2 Å². The molecule has 6 heteroatoms. The fourth-order valence-electron chi connectivity index (χ4n) is 2.76. The molecule has 1 aromatic rings. The van der Waals surface area contributed by atoms with Gasteiger partial charge in [0.05, 0.1) is 0 Å². The number of nitrogens with zero attached hydrogens (tertiary/aromatic N) is 2. The van der Waals surface area contributed by atoms with Crippen LogP contribution in [0.5, 0.6) is 0 Å².